The lowest BCUT2D eigenvalue weighted by Gasteiger charge is -2.11. The van der Waals surface area contributed by atoms with Crippen LogP contribution in [0.25, 0.3) is 0 Å². The van der Waals surface area contributed by atoms with Crippen molar-refractivity contribution in [2.75, 3.05) is 5.32 Å². The maximum absolute atomic E-state index is 13.1. The Morgan fingerprint density at radius 3 is 2.44 bits per heavy atom. The Bertz CT molecular complexity index is 494. The lowest BCUT2D eigenvalue weighted by Crippen LogP contribution is -2.41. The number of benzene rings is 1. The normalized spacial score (nSPS) is 11.8. The maximum atomic E-state index is 13.1. The Morgan fingerprint density at radius 2 is 1.89 bits per heavy atom. The number of carboxylic acid groups (broad SMARTS) is 1. The minimum Gasteiger partial charge on any atom is -0.480 e. The molecule has 0 heterocycles. The van der Waals surface area contributed by atoms with Gasteiger partial charge in [-0.25, -0.2) is 18.0 Å². The molecule has 0 aliphatic heterocycles. The van der Waals surface area contributed by atoms with Gasteiger partial charge in [-0.2, -0.15) is 0 Å². The van der Waals surface area contributed by atoms with Crippen LogP contribution in [0.5, 0.6) is 0 Å². The van der Waals surface area contributed by atoms with Crippen LogP contribution >= 0.6 is 0 Å². The predicted molar refractivity (Wildman–Crippen MR) is 55.6 cm³/mol. The van der Waals surface area contributed by atoms with Crippen LogP contribution in [0.1, 0.15) is 6.92 Å². The number of hydrogen-bond donors (Lipinski definition) is 3. The molecule has 0 aliphatic carbocycles. The molecular formula is C10H9F3N2O3. The third-order valence-electron chi connectivity index (χ3n) is 1.96. The molecule has 0 aliphatic rings. The highest BCUT2D eigenvalue weighted by Gasteiger charge is 2.17. The summed E-state index contributed by atoms with van der Waals surface area (Å²) in [6.45, 7) is 1.17. The Morgan fingerprint density at radius 1 is 1.28 bits per heavy atom. The van der Waals surface area contributed by atoms with Crippen molar-refractivity contribution in [2.24, 2.45) is 0 Å². The minimum atomic E-state index is -1.46. The number of carboxylic acids is 1. The number of hydrogen-bond acceptors (Lipinski definition) is 2. The summed E-state index contributed by atoms with van der Waals surface area (Å²) in [5, 5.41) is 12.2. The largest absolute Gasteiger partial charge is 0.480 e. The minimum absolute atomic E-state index is 0.318. The van der Waals surface area contributed by atoms with Gasteiger partial charge in [0.1, 0.15) is 11.9 Å². The molecule has 98 valence electrons. The molecular weight excluding hydrogens is 253 g/mol. The Hall–Kier alpha value is -2.25. The van der Waals surface area contributed by atoms with Crippen LogP contribution in [0.3, 0.4) is 0 Å². The highest BCUT2D eigenvalue weighted by atomic mass is 19.2. The van der Waals surface area contributed by atoms with Crippen LogP contribution in [0, 0.1) is 17.5 Å². The number of aliphatic carboxylic acids is 1. The summed E-state index contributed by atoms with van der Waals surface area (Å²) in [4.78, 5) is 21.6. The number of urea groups is 1. The first-order valence-electron chi connectivity index (χ1n) is 4.76. The summed E-state index contributed by atoms with van der Waals surface area (Å²) >= 11 is 0. The van der Waals surface area contributed by atoms with Gasteiger partial charge in [-0.15, -0.1) is 0 Å². The van der Waals surface area contributed by atoms with Crippen LogP contribution in [-0.4, -0.2) is 23.1 Å². The van der Waals surface area contributed by atoms with E-state index in [4.69, 9.17) is 5.11 Å². The molecule has 0 radical (unpaired) electrons. The van der Waals surface area contributed by atoms with Crippen molar-refractivity contribution in [3.8, 4) is 0 Å². The third-order valence-corrected chi connectivity index (χ3v) is 1.96. The van der Waals surface area contributed by atoms with Gasteiger partial charge in [-0.1, -0.05) is 0 Å². The second-order valence-corrected chi connectivity index (χ2v) is 3.41. The molecule has 3 N–H and O–H groups in total. The number of carbonyl (C=O) groups excluding carboxylic acids is 1. The molecule has 18 heavy (non-hydrogen) atoms. The zero-order valence-corrected chi connectivity index (χ0v) is 9.13. The van der Waals surface area contributed by atoms with Crippen molar-refractivity contribution in [2.45, 2.75) is 13.0 Å². The molecule has 1 atom stereocenters. The Kier molecular flexibility index (Phi) is 4.13. The highest BCUT2D eigenvalue weighted by molar-refractivity contribution is 5.92. The van der Waals surface area contributed by atoms with Gasteiger partial charge in [0.15, 0.2) is 11.6 Å². The van der Waals surface area contributed by atoms with Crippen LogP contribution in [-0.2, 0) is 4.79 Å². The fourth-order valence-corrected chi connectivity index (χ4v) is 1.06. The molecule has 1 aromatic rings. The van der Waals surface area contributed by atoms with E-state index in [9.17, 15) is 22.8 Å². The number of anilines is 1. The molecule has 8 heteroatoms. The predicted octanol–water partition coefficient (Wildman–Crippen LogP) is 1.70. The molecule has 0 spiro atoms. The van der Waals surface area contributed by atoms with E-state index in [2.05, 4.69) is 0 Å². The Balaban J connectivity index is 2.79. The summed E-state index contributed by atoms with van der Waals surface area (Å²) in [5.41, 5.74) is -0.720. The van der Waals surface area contributed by atoms with E-state index < -0.39 is 41.2 Å². The molecule has 0 aromatic heterocycles. The molecule has 0 bridgehead atoms. The average molecular weight is 262 g/mol. The fourth-order valence-electron chi connectivity index (χ4n) is 1.06. The topological polar surface area (TPSA) is 78.4 Å². The third kappa shape index (κ3) is 3.37. The first-order valence-corrected chi connectivity index (χ1v) is 4.76. The van der Waals surface area contributed by atoms with Gasteiger partial charge < -0.3 is 15.7 Å². The molecule has 0 saturated carbocycles. The van der Waals surface area contributed by atoms with E-state index in [1.165, 1.54) is 6.92 Å². The van der Waals surface area contributed by atoms with Crippen LogP contribution in [0.15, 0.2) is 12.1 Å². The smallest absolute Gasteiger partial charge is 0.325 e. The zero-order chi connectivity index (χ0) is 13.9. The van der Waals surface area contributed by atoms with E-state index in [1.807, 2.05) is 10.6 Å². The lowest BCUT2D eigenvalue weighted by atomic mass is 10.3. The zero-order valence-electron chi connectivity index (χ0n) is 9.13. The van der Waals surface area contributed by atoms with Gasteiger partial charge in [-0.3, -0.25) is 4.79 Å². The average Bonchev–Trinajstić information content (AvgIpc) is 2.24. The molecule has 0 fully saturated rings. The molecule has 5 nitrogen and oxygen atoms in total. The van der Waals surface area contributed by atoms with Gasteiger partial charge in [-0.05, 0) is 6.92 Å². The number of carbonyl (C=O) groups is 2. The van der Waals surface area contributed by atoms with Crippen LogP contribution < -0.4 is 10.6 Å². The van der Waals surface area contributed by atoms with Crippen molar-refractivity contribution in [3.63, 3.8) is 0 Å². The van der Waals surface area contributed by atoms with Gasteiger partial charge >= 0.3 is 12.0 Å². The van der Waals surface area contributed by atoms with E-state index in [1.54, 1.807) is 0 Å². The van der Waals surface area contributed by atoms with Gasteiger partial charge in [0.05, 0.1) is 5.69 Å². The summed E-state index contributed by atoms with van der Waals surface area (Å²) in [6, 6.07) is -1.43. The van der Waals surface area contributed by atoms with Crippen molar-refractivity contribution in [1.82, 2.24) is 5.32 Å². The number of halogens is 3. The second-order valence-electron chi connectivity index (χ2n) is 3.41. The second kappa shape index (κ2) is 5.39. The quantitative estimate of drug-likeness (QED) is 0.725. The standard InChI is InChI=1S/C10H9F3N2O3/c1-4(9(16)17)14-10(18)15-7-3-5(11)2-6(12)8(7)13/h2-4H,1H3,(H,16,17)(H2,14,15,18). The van der Waals surface area contributed by atoms with E-state index in [0.29, 0.717) is 12.1 Å². The number of nitrogens with one attached hydrogen (secondary N) is 2. The number of rotatable bonds is 3. The van der Waals surface area contributed by atoms with Crippen molar-refractivity contribution in [1.29, 1.82) is 0 Å². The lowest BCUT2D eigenvalue weighted by molar-refractivity contribution is -0.138. The van der Waals surface area contributed by atoms with E-state index in [-0.39, 0.29) is 0 Å². The SMILES string of the molecule is CC(NC(=O)Nc1cc(F)cc(F)c1F)C(=O)O. The van der Waals surface area contributed by atoms with E-state index in [0.717, 1.165) is 0 Å². The monoisotopic (exact) mass is 262 g/mol. The van der Waals surface area contributed by atoms with Crippen molar-refractivity contribution < 1.29 is 27.9 Å². The van der Waals surface area contributed by atoms with Crippen LogP contribution in [0.2, 0.25) is 0 Å². The van der Waals surface area contributed by atoms with Crippen LogP contribution in [0.4, 0.5) is 23.7 Å². The first-order chi connectivity index (χ1) is 8.31. The van der Waals surface area contributed by atoms with E-state index >= 15 is 0 Å². The van der Waals surface area contributed by atoms with Gasteiger partial charge in [0, 0.05) is 12.1 Å². The summed E-state index contributed by atoms with van der Waals surface area (Å²) in [5.74, 6) is -5.28. The molecule has 1 rings (SSSR count). The summed E-state index contributed by atoms with van der Waals surface area (Å²) in [6.07, 6.45) is 0. The van der Waals surface area contributed by atoms with Crippen molar-refractivity contribution in [3.05, 3.63) is 29.6 Å². The summed E-state index contributed by atoms with van der Waals surface area (Å²) < 4.78 is 38.7. The molecule has 2 amide bonds. The highest BCUT2D eigenvalue weighted by Crippen LogP contribution is 2.18. The van der Waals surface area contributed by atoms with Gasteiger partial charge in [0.2, 0.25) is 0 Å². The number of amides is 2. The summed E-state index contributed by atoms with van der Waals surface area (Å²) in [7, 11) is 0. The fraction of sp³-hybridized carbons (Fsp3) is 0.200. The molecule has 1 aromatic carbocycles. The van der Waals surface area contributed by atoms with Gasteiger partial charge in [0.25, 0.3) is 0 Å². The Labute approximate surface area is 99.6 Å². The van der Waals surface area contributed by atoms with Crippen molar-refractivity contribution >= 4 is 17.7 Å². The molecule has 0 saturated heterocycles. The maximum Gasteiger partial charge on any atom is 0.325 e. The first kappa shape index (κ1) is 13.8. The molecule has 1 unspecified atom stereocenters.